The highest BCUT2D eigenvalue weighted by Gasteiger charge is 2.36. The lowest BCUT2D eigenvalue weighted by molar-refractivity contribution is -0.141. The summed E-state index contributed by atoms with van der Waals surface area (Å²) in [5.74, 6) is 1.92. The number of ether oxygens (including phenoxy) is 1. The molecule has 2 fully saturated rings. The normalized spacial score (nSPS) is 34.4. The number of carbonyl (C=O) groups is 1. The molecule has 1 saturated carbocycles. The first-order chi connectivity index (χ1) is 7.74. The molecule has 0 bridgehead atoms. The second kappa shape index (κ2) is 3.88. The van der Waals surface area contributed by atoms with Gasteiger partial charge in [-0.15, -0.1) is 0 Å². The zero-order valence-electron chi connectivity index (χ0n) is 9.82. The third-order valence-corrected chi connectivity index (χ3v) is 4.11. The number of likely N-dealkylation sites (tertiary alicyclic amines) is 1. The van der Waals surface area contributed by atoms with Crippen molar-refractivity contribution in [2.24, 2.45) is 11.8 Å². The minimum Gasteiger partial charge on any atom is -0.431 e. The number of allylic oxidation sites excluding steroid dienone is 1. The van der Waals surface area contributed by atoms with E-state index < -0.39 is 0 Å². The van der Waals surface area contributed by atoms with Crippen molar-refractivity contribution in [3.05, 3.63) is 11.8 Å². The van der Waals surface area contributed by atoms with Gasteiger partial charge in [0.1, 0.15) is 5.76 Å². The van der Waals surface area contributed by atoms with Crippen molar-refractivity contribution in [1.29, 1.82) is 0 Å². The van der Waals surface area contributed by atoms with Crippen LogP contribution in [0.15, 0.2) is 11.8 Å². The summed E-state index contributed by atoms with van der Waals surface area (Å²) in [6, 6.07) is 0.510. The van der Waals surface area contributed by atoms with Crippen molar-refractivity contribution in [1.82, 2.24) is 4.90 Å². The van der Waals surface area contributed by atoms with E-state index in [4.69, 9.17) is 4.74 Å². The van der Waals surface area contributed by atoms with Gasteiger partial charge in [-0.3, -0.25) is 9.69 Å². The van der Waals surface area contributed by atoms with Crippen LogP contribution < -0.4 is 0 Å². The number of nitrogens with zero attached hydrogens (tertiary/aromatic N) is 1. The van der Waals surface area contributed by atoms with Crippen LogP contribution in [-0.2, 0) is 9.53 Å². The van der Waals surface area contributed by atoms with E-state index in [2.05, 4.69) is 18.0 Å². The van der Waals surface area contributed by atoms with Gasteiger partial charge < -0.3 is 4.74 Å². The molecule has 0 aromatic carbocycles. The van der Waals surface area contributed by atoms with Crippen LogP contribution in [0.3, 0.4) is 0 Å². The molecule has 1 heterocycles. The van der Waals surface area contributed by atoms with Crippen LogP contribution in [0.5, 0.6) is 0 Å². The molecule has 1 aliphatic heterocycles. The molecule has 2 aliphatic carbocycles. The van der Waals surface area contributed by atoms with E-state index >= 15 is 0 Å². The maximum absolute atomic E-state index is 11.6. The van der Waals surface area contributed by atoms with Gasteiger partial charge in [-0.1, -0.05) is 0 Å². The lowest BCUT2D eigenvalue weighted by Gasteiger charge is -2.27. The second-order valence-corrected chi connectivity index (χ2v) is 5.39. The Morgan fingerprint density at radius 3 is 2.94 bits per heavy atom. The van der Waals surface area contributed by atoms with Crippen LogP contribution >= 0.6 is 0 Å². The molecule has 0 aromatic rings. The molecule has 0 amide bonds. The Kier molecular flexibility index (Phi) is 2.51. The third kappa shape index (κ3) is 1.88. The molecular formula is C13H19NO2. The largest absolute Gasteiger partial charge is 0.431 e. The van der Waals surface area contributed by atoms with Crippen LogP contribution in [-0.4, -0.2) is 30.5 Å². The highest BCUT2D eigenvalue weighted by atomic mass is 16.5. The average Bonchev–Trinajstić information content (AvgIpc) is 3.06. The number of hydrogen-bond donors (Lipinski definition) is 0. The molecule has 3 nitrogen and oxygen atoms in total. The predicted molar refractivity (Wildman–Crippen MR) is 60.7 cm³/mol. The van der Waals surface area contributed by atoms with Crippen LogP contribution in [0.2, 0.25) is 0 Å². The molecule has 0 spiro atoms. The molecule has 3 aliphatic rings. The standard InChI is InChI=1S/C13H19NO2/c1-14-7-6-9-4-5-11(8-12(9)14)16-13(15)10-2-3-10/h8-10,12H,2-7H2,1H3/t9-,12?/m0/s1. The number of fused-ring (bicyclic) bond motifs is 1. The molecule has 16 heavy (non-hydrogen) atoms. The maximum Gasteiger partial charge on any atom is 0.313 e. The number of carbonyl (C=O) groups excluding carboxylic acids is 1. The van der Waals surface area contributed by atoms with Crippen LogP contribution in [0.1, 0.15) is 32.1 Å². The van der Waals surface area contributed by atoms with Crippen molar-refractivity contribution in [3.8, 4) is 0 Å². The Labute approximate surface area is 96.4 Å². The summed E-state index contributed by atoms with van der Waals surface area (Å²) in [6.45, 7) is 1.18. The van der Waals surface area contributed by atoms with E-state index in [1.165, 1.54) is 19.4 Å². The lowest BCUT2D eigenvalue weighted by atomic mass is 9.89. The second-order valence-electron chi connectivity index (χ2n) is 5.39. The zero-order chi connectivity index (χ0) is 11.1. The fraction of sp³-hybridized carbons (Fsp3) is 0.769. The van der Waals surface area contributed by atoms with Crippen molar-refractivity contribution >= 4 is 5.97 Å². The monoisotopic (exact) mass is 221 g/mol. The van der Waals surface area contributed by atoms with Crippen molar-refractivity contribution < 1.29 is 9.53 Å². The van der Waals surface area contributed by atoms with E-state index in [1.54, 1.807) is 0 Å². The summed E-state index contributed by atoms with van der Waals surface area (Å²) in [5, 5.41) is 0. The fourth-order valence-corrected chi connectivity index (χ4v) is 2.85. The van der Waals surface area contributed by atoms with Crippen LogP contribution in [0.4, 0.5) is 0 Å². The van der Waals surface area contributed by atoms with Gasteiger partial charge in [0, 0.05) is 12.5 Å². The van der Waals surface area contributed by atoms with E-state index in [0.717, 1.165) is 30.9 Å². The first-order valence-corrected chi connectivity index (χ1v) is 6.36. The third-order valence-electron chi connectivity index (χ3n) is 4.11. The quantitative estimate of drug-likeness (QED) is 0.667. The Morgan fingerprint density at radius 1 is 1.38 bits per heavy atom. The van der Waals surface area contributed by atoms with Gasteiger partial charge in [0.05, 0.1) is 5.92 Å². The Hall–Kier alpha value is -0.830. The smallest absolute Gasteiger partial charge is 0.313 e. The molecule has 3 heteroatoms. The van der Waals surface area contributed by atoms with Gasteiger partial charge in [-0.2, -0.15) is 0 Å². The van der Waals surface area contributed by atoms with Crippen LogP contribution in [0, 0.1) is 11.8 Å². The summed E-state index contributed by atoms with van der Waals surface area (Å²) in [7, 11) is 2.16. The van der Waals surface area contributed by atoms with Gasteiger partial charge in [0.25, 0.3) is 0 Å². The molecule has 0 aromatic heterocycles. The van der Waals surface area contributed by atoms with Crippen LogP contribution in [0.25, 0.3) is 0 Å². The van der Waals surface area contributed by atoms with E-state index in [0.29, 0.717) is 6.04 Å². The lowest BCUT2D eigenvalue weighted by Crippen LogP contribution is -2.30. The Morgan fingerprint density at radius 2 is 2.19 bits per heavy atom. The molecule has 2 atom stereocenters. The summed E-state index contributed by atoms with van der Waals surface area (Å²) >= 11 is 0. The number of hydrogen-bond acceptors (Lipinski definition) is 3. The molecule has 3 rings (SSSR count). The van der Waals surface area contributed by atoms with E-state index in [1.807, 2.05) is 0 Å². The summed E-state index contributed by atoms with van der Waals surface area (Å²) in [6.07, 6.45) is 7.66. The zero-order valence-corrected chi connectivity index (χ0v) is 9.82. The van der Waals surface area contributed by atoms with E-state index in [-0.39, 0.29) is 11.9 Å². The number of rotatable bonds is 2. The summed E-state index contributed by atoms with van der Waals surface area (Å²) in [5.41, 5.74) is 0. The van der Waals surface area contributed by atoms with E-state index in [9.17, 15) is 4.79 Å². The average molecular weight is 221 g/mol. The van der Waals surface area contributed by atoms with Gasteiger partial charge >= 0.3 is 5.97 Å². The topological polar surface area (TPSA) is 29.5 Å². The summed E-state index contributed by atoms with van der Waals surface area (Å²) < 4.78 is 5.47. The van der Waals surface area contributed by atoms with Crippen molar-refractivity contribution in [2.75, 3.05) is 13.6 Å². The van der Waals surface area contributed by atoms with Gasteiger partial charge in [-0.25, -0.2) is 0 Å². The number of esters is 1. The SMILES string of the molecule is CN1CC[C@@H]2CCC(OC(=O)C3CC3)=CC21. The fourth-order valence-electron chi connectivity index (χ4n) is 2.85. The highest BCUT2D eigenvalue weighted by Crippen LogP contribution is 2.36. The van der Waals surface area contributed by atoms with Gasteiger partial charge in [-0.05, 0) is 51.3 Å². The maximum atomic E-state index is 11.6. The molecule has 1 saturated heterocycles. The molecule has 88 valence electrons. The summed E-state index contributed by atoms with van der Waals surface area (Å²) in [4.78, 5) is 13.9. The first kappa shape index (κ1) is 10.3. The Bertz CT molecular complexity index is 333. The first-order valence-electron chi connectivity index (χ1n) is 6.36. The molecule has 0 radical (unpaired) electrons. The van der Waals surface area contributed by atoms with Crippen molar-refractivity contribution in [3.63, 3.8) is 0 Å². The minimum atomic E-state index is 0.00495. The number of likely N-dealkylation sites (N-methyl/N-ethyl adjacent to an activating group) is 1. The highest BCUT2D eigenvalue weighted by molar-refractivity contribution is 5.75. The molecular weight excluding hydrogens is 202 g/mol. The van der Waals surface area contributed by atoms with Gasteiger partial charge in [0.2, 0.25) is 0 Å². The van der Waals surface area contributed by atoms with Crippen molar-refractivity contribution in [2.45, 2.75) is 38.1 Å². The minimum absolute atomic E-state index is 0.00495. The Balaban J connectivity index is 1.66. The molecule has 0 N–H and O–H groups in total. The predicted octanol–water partition coefficient (Wildman–Crippen LogP) is 1.94. The molecule has 1 unspecified atom stereocenters. The van der Waals surface area contributed by atoms with Gasteiger partial charge in [0.15, 0.2) is 0 Å².